The molecule has 3 atom stereocenters. The number of rotatable bonds is 1. The fraction of sp³-hybridized carbons (Fsp3) is 1.00. The van der Waals surface area contributed by atoms with Crippen molar-refractivity contribution in [1.29, 1.82) is 0 Å². The van der Waals surface area contributed by atoms with Crippen LogP contribution in [-0.4, -0.2) is 18.8 Å². The highest BCUT2D eigenvalue weighted by atomic mass is 16.5. The summed E-state index contributed by atoms with van der Waals surface area (Å²) in [5.74, 6) is 0.657. The quantitative estimate of drug-likeness (QED) is 0.567. The van der Waals surface area contributed by atoms with Crippen molar-refractivity contribution in [2.75, 3.05) is 6.54 Å². The van der Waals surface area contributed by atoms with Gasteiger partial charge in [-0.15, -0.1) is 0 Å². The molecule has 0 spiro atoms. The summed E-state index contributed by atoms with van der Waals surface area (Å²) in [6, 6.07) is 0. The van der Waals surface area contributed by atoms with Gasteiger partial charge < -0.3 is 10.5 Å². The van der Waals surface area contributed by atoms with Gasteiger partial charge in [0.2, 0.25) is 0 Å². The van der Waals surface area contributed by atoms with Gasteiger partial charge in [-0.2, -0.15) is 0 Å². The molecule has 0 aromatic heterocycles. The summed E-state index contributed by atoms with van der Waals surface area (Å²) in [5, 5.41) is 0. The Morgan fingerprint density at radius 1 is 1.56 bits per heavy atom. The first-order valence-electron chi connectivity index (χ1n) is 3.59. The smallest absolute Gasteiger partial charge is 0.0727 e. The van der Waals surface area contributed by atoms with Crippen molar-refractivity contribution in [3.8, 4) is 0 Å². The molecule has 3 unspecified atom stereocenters. The number of nitrogens with two attached hydrogens (primary N) is 1. The van der Waals surface area contributed by atoms with Crippen molar-refractivity contribution in [1.82, 2.24) is 0 Å². The molecule has 0 bridgehead atoms. The molecule has 9 heavy (non-hydrogen) atoms. The van der Waals surface area contributed by atoms with Gasteiger partial charge in [-0.1, -0.05) is 6.92 Å². The molecule has 1 aliphatic rings. The Kier molecular flexibility index (Phi) is 2.09. The Bertz CT molecular complexity index is 94.9. The molecule has 0 aromatic carbocycles. The third kappa shape index (κ3) is 1.43. The van der Waals surface area contributed by atoms with Gasteiger partial charge >= 0.3 is 0 Å². The Hall–Kier alpha value is -0.0800. The molecular weight excluding hydrogens is 114 g/mol. The molecule has 0 saturated carbocycles. The summed E-state index contributed by atoms with van der Waals surface area (Å²) >= 11 is 0. The summed E-state index contributed by atoms with van der Waals surface area (Å²) in [6.07, 6.45) is 1.91. The van der Waals surface area contributed by atoms with E-state index in [9.17, 15) is 0 Å². The largest absolute Gasteiger partial charge is 0.374 e. The van der Waals surface area contributed by atoms with Crippen molar-refractivity contribution in [2.24, 2.45) is 11.7 Å². The summed E-state index contributed by atoms with van der Waals surface area (Å²) in [5.41, 5.74) is 5.46. The highest BCUT2D eigenvalue weighted by Crippen LogP contribution is 2.24. The zero-order chi connectivity index (χ0) is 6.85. The van der Waals surface area contributed by atoms with Crippen LogP contribution in [-0.2, 0) is 4.74 Å². The Balaban J connectivity index is 2.38. The summed E-state index contributed by atoms with van der Waals surface area (Å²) < 4.78 is 5.50. The monoisotopic (exact) mass is 129 g/mol. The van der Waals surface area contributed by atoms with Gasteiger partial charge in [0.1, 0.15) is 0 Å². The van der Waals surface area contributed by atoms with E-state index >= 15 is 0 Å². The Labute approximate surface area is 56.4 Å². The maximum Gasteiger partial charge on any atom is 0.0727 e. The molecule has 1 fully saturated rings. The van der Waals surface area contributed by atoms with Gasteiger partial charge in [-0.3, -0.25) is 0 Å². The fourth-order valence-corrected chi connectivity index (χ4v) is 1.45. The Morgan fingerprint density at radius 2 is 2.22 bits per heavy atom. The summed E-state index contributed by atoms with van der Waals surface area (Å²) in [4.78, 5) is 0. The predicted molar refractivity (Wildman–Crippen MR) is 37.2 cm³/mol. The van der Waals surface area contributed by atoms with Crippen LogP contribution in [0.1, 0.15) is 20.3 Å². The van der Waals surface area contributed by atoms with Crippen LogP contribution in [0.25, 0.3) is 0 Å². The number of ether oxygens (including phenoxy) is 1. The van der Waals surface area contributed by atoms with E-state index in [1.165, 1.54) is 6.42 Å². The average molecular weight is 129 g/mol. The topological polar surface area (TPSA) is 35.2 Å². The second kappa shape index (κ2) is 2.67. The number of hydrogen-bond acceptors (Lipinski definition) is 2. The average Bonchev–Trinajstić information content (AvgIpc) is 2.10. The van der Waals surface area contributed by atoms with E-state index in [1.807, 2.05) is 0 Å². The lowest BCUT2D eigenvalue weighted by Gasteiger charge is -2.10. The van der Waals surface area contributed by atoms with Crippen molar-refractivity contribution in [3.63, 3.8) is 0 Å². The summed E-state index contributed by atoms with van der Waals surface area (Å²) in [7, 11) is 0. The van der Waals surface area contributed by atoms with E-state index in [1.54, 1.807) is 0 Å². The van der Waals surface area contributed by atoms with Gasteiger partial charge in [-0.05, 0) is 19.3 Å². The van der Waals surface area contributed by atoms with E-state index in [0.717, 1.165) is 0 Å². The lowest BCUT2D eigenvalue weighted by atomic mass is 10.0. The van der Waals surface area contributed by atoms with E-state index in [-0.39, 0.29) is 0 Å². The van der Waals surface area contributed by atoms with Crippen molar-refractivity contribution >= 4 is 0 Å². The molecule has 2 heteroatoms. The molecule has 1 heterocycles. The lowest BCUT2D eigenvalue weighted by molar-refractivity contribution is 0.0516. The Morgan fingerprint density at radius 3 is 2.44 bits per heavy atom. The molecule has 0 radical (unpaired) electrons. The van der Waals surface area contributed by atoms with Gasteiger partial charge in [0, 0.05) is 6.54 Å². The van der Waals surface area contributed by atoms with Crippen LogP contribution < -0.4 is 5.73 Å². The van der Waals surface area contributed by atoms with Gasteiger partial charge in [0.15, 0.2) is 0 Å². The summed E-state index contributed by atoms with van der Waals surface area (Å²) in [6.45, 7) is 4.97. The third-order valence-electron chi connectivity index (χ3n) is 1.98. The van der Waals surface area contributed by atoms with Gasteiger partial charge in [0.25, 0.3) is 0 Å². The van der Waals surface area contributed by atoms with Gasteiger partial charge in [0.05, 0.1) is 12.2 Å². The minimum atomic E-state index is 0.319. The molecule has 2 N–H and O–H groups in total. The fourth-order valence-electron chi connectivity index (χ4n) is 1.45. The van der Waals surface area contributed by atoms with Crippen LogP contribution >= 0.6 is 0 Å². The molecule has 1 rings (SSSR count). The van der Waals surface area contributed by atoms with Crippen LogP contribution in [0.15, 0.2) is 0 Å². The molecule has 0 amide bonds. The second-order valence-electron chi connectivity index (χ2n) is 2.93. The van der Waals surface area contributed by atoms with Crippen LogP contribution in [0, 0.1) is 5.92 Å². The normalized spacial score (nSPS) is 43.7. The lowest BCUT2D eigenvalue weighted by Crippen LogP contribution is -2.24. The van der Waals surface area contributed by atoms with Crippen molar-refractivity contribution in [3.05, 3.63) is 0 Å². The maximum atomic E-state index is 5.50. The molecule has 1 saturated heterocycles. The highest BCUT2D eigenvalue weighted by molar-refractivity contribution is 4.77. The van der Waals surface area contributed by atoms with Crippen LogP contribution in [0.5, 0.6) is 0 Å². The zero-order valence-corrected chi connectivity index (χ0v) is 6.13. The second-order valence-corrected chi connectivity index (χ2v) is 2.93. The molecule has 0 aromatic rings. The minimum absolute atomic E-state index is 0.319. The minimum Gasteiger partial charge on any atom is -0.374 e. The molecule has 2 nitrogen and oxygen atoms in total. The van der Waals surface area contributed by atoms with Crippen LogP contribution in [0.4, 0.5) is 0 Å². The first kappa shape index (κ1) is 7.03. The predicted octanol–water partition coefficient (Wildman–Crippen LogP) is 0.759. The first-order valence-corrected chi connectivity index (χ1v) is 3.59. The van der Waals surface area contributed by atoms with E-state index < -0.39 is 0 Å². The third-order valence-corrected chi connectivity index (χ3v) is 1.98. The highest BCUT2D eigenvalue weighted by Gasteiger charge is 2.27. The standard InChI is InChI=1S/C7H15NO/c1-5-3-6(2)9-7(5)4-8/h5-7H,3-4,8H2,1-2H3. The SMILES string of the molecule is CC1CC(C)C(CN)O1. The first-order chi connectivity index (χ1) is 4.24. The zero-order valence-electron chi connectivity index (χ0n) is 6.13. The van der Waals surface area contributed by atoms with Crippen molar-refractivity contribution in [2.45, 2.75) is 32.5 Å². The van der Waals surface area contributed by atoms with Crippen molar-refractivity contribution < 1.29 is 4.74 Å². The van der Waals surface area contributed by atoms with Crippen LogP contribution in [0.3, 0.4) is 0 Å². The maximum absolute atomic E-state index is 5.50. The van der Waals surface area contributed by atoms with Crippen LogP contribution in [0.2, 0.25) is 0 Å². The van der Waals surface area contributed by atoms with Gasteiger partial charge in [-0.25, -0.2) is 0 Å². The molecule has 0 aliphatic carbocycles. The van der Waals surface area contributed by atoms with E-state index in [0.29, 0.717) is 24.7 Å². The molecular formula is C7H15NO. The molecule has 54 valence electrons. The van der Waals surface area contributed by atoms with E-state index in [4.69, 9.17) is 10.5 Å². The molecule has 1 aliphatic heterocycles. The van der Waals surface area contributed by atoms with E-state index in [2.05, 4.69) is 13.8 Å². The number of hydrogen-bond donors (Lipinski definition) is 1.